The monoisotopic (exact) mass is 141 g/mol. The van der Waals surface area contributed by atoms with E-state index in [0.29, 0.717) is 5.41 Å². The molecule has 0 saturated heterocycles. The van der Waals surface area contributed by atoms with Gasteiger partial charge in [0.15, 0.2) is 0 Å². The first-order chi connectivity index (χ1) is 4.64. The van der Waals surface area contributed by atoms with Crippen LogP contribution in [0.5, 0.6) is 0 Å². The van der Waals surface area contributed by atoms with Crippen LogP contribution in [0.15, 0.2) is 0 Å². The maximum atomic E-state index is 5.63. The highest BCUT2D eigenvalue weighted by atomic mass is 14.7. The smallest absolute Gasteiger partial charge is 0.00408 e. The standard InChI is InChI=1S/C9H19N/c1-4-5-7-8(6-10)9(7,2)3/h7-8H,4-6,10H2,1-3H3. The van der Waals surface area contributed by atoms with Gasteiger partial charge >= 0.3 is 0 Å². The molecule has 1 fully saturated rings. The van der Waals surface area contributed by atoms with Crippen molar-refractivity contribution < 1.29 is 0 Å². The van der Waals surface area contributed by atoms with Gasteiger partial charge in [0.25, 0.3) is 0 Å². The molecule has 0 radical (unpaired) electrons. The Labute approximate surface area is 64.0 Å². The van der Waals surface area contributed by atoms with Crippen LogP contribution in [0, 0.1) is 17.3 Å². The van der Waals surface area contributed by atoms with Gasteiger partial charge in [0.1, 0.15) is 0 Å². The van der Waals surface area contributed by atoms with Crippen molar-refractivity contribution in [1.82, 2.24) is 0 Å². The van der Waals surface area contributed by atoms with Gasteiger partial charge in [0.2, 0.25) is 0 Å². The van der Waals surface area contributed by atoms with Crippen LogP contribution in [-0.4, -0.2) is 6.54 Å². The zero-order chi connectivity index (χ0) is 7.78. The van der Waals surface area contributed by atoms with E-state index in [1.807, 2.05) is 0 Å². The summed E-state index contributed by atoms with van der Waals surface area (Å²) >= 11 is 0. The summed E-state index contributed by atoms with van der Waals surface area (Å²) in [6, 6.07) is 0. The topological polar surface area (TPSA) is 26.0 Å². The SMILES string of the molecule is CCCC1C(CN)C1(C)C. The number of nitrogens with two attached hydrogens (primary N) is 1. The zero-order valence-corrected chi connectivity index (χ0v) is 7.35. The van der Waals surface area contributed by atoms with E-state index in [1.165, 1.54) is 12.8 Å². The largest absolute Gasteiger partial charge is 0.330 e. The fourth-order valence-electron chi connectivity index (χ4n) is 2.21. The molecule has 0 aromatic heterocycles. The van der Waals surface area contributed by atoms with Crippen LogP contribution in [0.1, 0.15) is 33.6 Å². The molecule has 1 rings (SSSR count). The Kier molecular flexibility index (Phi) is 2.04. The molecule has 0 aliphatic heterocycles. The molecule has 2 N–H and O–H groups in total. The molecular formula is C9H19N. The summed E-state index contributed by atoms with van der Waals surface area (Å²) in [7, 11) is 0. The van der Waals surface area contributed by atoms with Crippen molar-refractivity contribution >= 4 is 0 Å². The van der Waals surface area contributed by atoms with Crippen molar-refractivity contribution in [2.75, 3.05) is 6.54 Å². The summed E-state index contributed by atoms with van der Waals surface area (Å²) < 4.78 is 0. The minimum Gasteiger partial charge on any atom is -0.330 e. The van der Waals surface area contributed by atoms with E-state index in [4.69, 9.17) is 5.73 Å². The van der Waals surface area contributed by atoms with Gasteiger partial charge in [-0.3, -0.25) is 0 Å². The summed E-state index contributed by atoms with van der Waals surface area (Å²) in [4.78, 5) is 0. The number of rotatable bonds is 3. The lowest BCUT2D eigenvalue weighted by Gasteiger charge is -1.98. The van der Waals surface area contributed by atoms with Gasteiger partial charge in [0, 0.05) is 0 Å². The molecule has 0 heterocycles. The van der Waals surface area contributed by atoms with Gasteiger partial charge in [-0.25, -0.2) is 0 Å². The molecule has 0 aromatic rings. The predicted octanol–water partition coefficient (Wildman–Crippen LogP) is 2.02. The Morgan fingerprint density at radius 3 is 2.20 bits per heavy atom. The van der Waals surface area contributed by atoms with Crippen LogP contribution in [-0.2, 0) is 0 Å². The minimum atomic E-state index is 0.560. The van der Waals surface area contributed by atoms with E-state index in [-0.39, 0.29) is 0 Å². The zero-order valence-electron chi connectivity index (χ0n) is 7.35. The first-order valence-corrected chi connectivity index (χ1v) is 4.34. The summed E-state index contributed by atoms with van der Waals surface area (Å²) in [5, 5.41) is 0. The quantitative estimate of drug-likeness (QED) is 0.639. The molecule has 0 aromatic carbocycles. The highest BCUT2D eigenvalue weighted by Gasteiger charge is 2.55. The van der Waals surface area contributed by atoms with Crippen LogP contribution in [0.3, 0.4) is 0 Å². The summed E-state index contributed by atoms with van der Waals surface area (Å²) in [6.45, 7) is 7.81. The van der Waals surface area contributed by atoms with Crippen molar-refractivity contribution in [3.05, 3.63) is 0 Å². The Hall–Kier alpha value is -0.0400. The van der Waals surface area contributed by atoms with Crippen molar-refractivity contribution in [3.63, 3.8) is 0 Å². The average molecular weight is 141 g/mol. The normalized spacial score (nSPS) is 36.0. The fraction of sp³-hybridized carbons (Fsp3) is 1.00. The second-order valence-corrected chi connectivity index (χ2v) is 4.06. The Bertz CT molecular complexity index is 118. The molecule has 1 aliphatic carbocycles. The summed E-state index contributed by atoms with van der Waals surface area (Å²) in [5.74, 6) is 1.73. The molecule has 60 valence electrons. The average Bonchev–Trinajstić information content (AvgIpc) is 2.36. The van der Waals surface area contributed by atoms with Crippen molar-refractivity contribution in [3.8, 4) is 0 Å². The third-order valence-corrected chi connectivity index (χ3v) is 3.14. The van der Waals surface area contributed by atoms with Crippen molar-refractivity contribution in [1.29, 1.82) is 0 Å². The summed E-state index contributed by atoms with van der Waals surface area (Å²) in [5.41, 5.74) is 6.19. The molecule has 1 nitrogen and oxygen atoms in total. The van der Waals surface area contributed by atoms with Crippen LogP contribution in [0.2, 0.25) is 0 Å². The number of hydrogen-bond acceptors (Lipinski definition) is 1. The third kappa shape index (κ3) is 1.07. The van der Waals surface area contributed by atoms with E-state index < -0.39 is 0 Å². The third-order valence-electron chi connectivity index (χ3n) is 3.14. The lowest BCUT2D eigenvalue weighted by atomic mass is 10.1. The van der Waals surface area contributed by atoms with Gasteiger partial charge < -0.3 is 5.73 Å². The van der Waals surface area contributed by atoms with Crippen LogP contribution < -0.4 is 5.73 Å². The van der Waals surface area contributed by atoms with Crippen molar-refractivity contribution in [2.24, 2.45) is 23.0 Å². The van der Waals surface area contributed by atoms with E-state index in [2.05, 4.69) is 20.8 Å². The molecule has 0 spiro atoms. The van der Waals surface area contributed by atoms with Gasteiger partial charge in [-0.2, -0.15) is 0 Å². The fourth-order valence-corrected chi connectivity index (χ4v) is 2.21. The second kappa shape index (κ2) is 2.54. The van der Waals surface area contributed by atoms with E-state index in [0.717, 1.165) is 18.4 Å². The van der Waals surface area contributed by atoms with E-state index >= 15 is 0 Å². The van der Waals surface area contributed by atoms with Gasteiger partial charge in [0.05, 0.1) is 0 Å². The first kappa shape index (κ1) is 8.06. The molecule has 1 saturated carbocycles. The maximum absolute atomic E-state index is 5.63. The molecule has 1 aliphatic rings. The summed E-state index contributed by atoms with van der Waals surface area (Å²) in [6.07, 6.45) is 2.68. The highest BCUT2D eigenvalue weighted by molar-refractivity contribution is 5.04. The lowest BCUT2D eigenvalue weighted by molar-refractivity contribution is 0.519. The molecule has 2 atom stereocenters. The minimum absolute atomic E-state index is 0.560. The van der Waals surface area contributed by atoms with Gasteiger partial charge in [-0.05, 0) is 30.2 Å². The number of hydrogen-bond donors (Lipinski definition) is 1. The Morgan fingerprint density at radius 1 is 1.30 bits per heavy atom. The Morgan fingerprint density at radius 2 is 1.90 bits per heavy atom. The molecule has 10 heavy (non-hydrogen) atoms. The molecule has 0 amide bonds. The predicted molar refractivity (Wildman–Crippen MR) is 44.7 cm³/mol. The molecule has 1 heteroatoms. The van der Waals surface area contributed by atoms with Crippen LogP contribution in [0.4, 0.5) is 0 Å². The van der Waals surface area contributed by atoms with E-state index in [1.54, 1.807) is 0 Å². The lowest BCUT2D eigenvalue weighted by Crippen LogP contribution is -2.05. The highest BCUT2D eigenvalue weighted by Crippen LogP contribution is 2.59. The van der Waals surface area contributed by atoms with Gasteiger partial charge in [-0.15, -0.1) is 0 Å². The first-order valence-electron chi connectivity index (χ1n) is 4.34. The Balaban J connectivity index is 2.37. The van der Waals surface area contributed by atoms with Crippen LogP contribution in [0.25, 0.3) is 0 Å². The maximum Gasteiger partial charge on any atom is -0.00408 e. The second-order valence-electron chi connectivity index (χ2n) is 4.06. The molecule has 0 bridgehead atoms. The van der Waals surface area contributed by atoms with Crippen molar-refractivity contribution in [2.45, 2.75) is 33.6 Å². The van der Waals surface area contributed by atoms with E-state index in [9.17, 15) is 0 Å². The van der Waals surface area contributed by atoms with Crippen LogP contribution >= 0.6 is 0 Å². The molecule has 2 unspecified atom stereocenters. The van der Waals surface area contributed by atoms with Gasteiger partial charge in [-0.1, -0.05) is 27.2 Å². The molecular weight excluding hydrogens is 122 g/mol.